The van der Waals surface area contributed by atoms with Gasteiger partial charge in [0.2, 0.25) is 0 Å². The first-order valence-electron chi connectivity index (χ1n) is 5.12. The number of benzene rings is 1. The minimum absolute atomic E-state index is 0.0942. The molecule has 0 aromatic heterocycles. The Labute approximate surface area is 102 Å². The van der Waals surface area contributed by atoms with Crippen LogP contribution in [0.3, 0.4) is 0 Å². The van der Waals surface area contributed by atoms with Crippen LogP contribution in [0, 0.1) is 0 Å². The van der Waals surface area contributed by atoms with Gasteiger partial charge in [0, 0.05) is 0 Å². The molecule has 16 heavy (non-hydrogen) atoms. The van der Waals surface area contributed by atoms with Crippen LogP contribution < -0.4 is 15.4 Å². The average Bonchev–Trinajstić information content (AvgIpc) is 2.29. The lowest BCUT2D eigenvalue weighted by atomic mass is 10.1. The van der Waals surface area contributed by atoms with Crippen molar-refractivity contribution in [2.75, 3.05) is 23.9 Å². The van der Waals surface area contributed by atoms with Gasteiger partial charge in [0.15, 0.2) is 6.61 Å². The number of amides is 1. The van der Waals surface area contributed by atoms with Crippen molar-refractivity contribution < 1.29 is 9.53 Å². The molecule has 1 amide bonds. The number of halogens is 1. The van der Waals surface area contributed by atoms with E-state index in [4.69, 9.17) is 4.74 Å². The van der Waals surface area contributed by atoms with Crippen LogP contribution >= 0.6 is 15.9 Å². The third-order valence-corrected chi connectivity index (χ3v) is 2.76. The molecule has 1 aromatic rings. The Morgan fingerprint density at radius 3 is 3.19 bits per heavy atom. The quantitative estimate of drug-likeness (QED) is 0.501. The van der Waals surface area contributed by atoms with Gasteiger partial charge in [-0.25, -0.2) is 0 Å². The summed E-state index contributed by atoms with van der Waals surface area (Å²) in [4.78, 5) is 11.1. The number of alkyl halides is 1. The molecule has 1 aromatic carbocycles. The zero-order valence-corrected chi connectivity index (χ0v) is 10.3. The Balaban J connectivity index is 2.06. The second-order valence-corrected chi connectivity index (χ2v) is 4.11. The van der Waals surface area contributed by atoms with Crippen molar-refractivity contribution in [3.8, 4) is 5.75 Å². The molecule has 0 atom stereocenters. The highest BCUT2D eigenvalue weighted by Crippen LogP contribution is 2.28. The van der Waals surface area contributed by atoms with Crippen LogP contribution in [-0.4, -0.2) is 24.5 Å². The zero-order valence-electron chi connectivity index (χ0n) is 8.75. The summed E-state index contributed by atoms with van der Waals surface area (Å²) < 4.78 is 5.28. The molecule has 2 N–H and O–H groups in total. The lowest BCUT2D eigenvalue weighted by molar-refractivity contribution is -0.118. The summed E-state index contributed by atoms with van der Waals surface area (Å²) in [5.41, 5.74) is 2.74. The van der Waals surface area contributed by atoms with Crippen molar-refractivity contribution in [1.82, 2.24) is 5.32 Å². The number of carbonyl (C=O) groups is 1. The first kappa shape index (κ1) is 11.4. The molecule has 0 fully saturated rings. The molecule has 0 spiro atoms. The normalized spacial score (nSPS) is 13.9. The molecular weight excluding hydrogens is 272 g/mol. The Kier molecular flexibility index (Phi) is 3.79. The van der Waals surface area contributed by atoms with Gasteiger partial charge in [-0.1, -0.05) is 22.0 Å². The predicted octanol–water partition coefficient (Wildman–Crippen LogP) is 1.50. The number of carbonyl (C=O) groups excluding carboxylic acids is 1. The number of rotatable bonds is 4. The molecule has 1 heterocycles. The number of ether oxygens (including phenoxy) is 1. The fourth-order valence-electron chi connectivity index (χ4n) is 1.59. The molecule has 0 unspecified atom stereocenters. The van der Waals surface area contributed by atoms with E-state index >= 15 is 0 Å². The molecule has 0 bridgehead atoms. The third-order valence-electron chi connectivity index (χ3n) is 2.36. The maximum Gasteiger partial charge on any atom is 0.262 e. The molecule has 86 valence electrons. The van der Waals surface area contributed by atoms with Gasteiger partial charge in [-0.05, 0) is 30.7 Å². The standard InChI is InChI=1S/C11H13BrN2O2/c12-7-13-4-3-8-1-2-10-9(5-8)14-11(15)6-16-10/h1-2,5,13H,3-4,6-7H2,(H,14,15). The van der Waals surface area contributed by atoms with E-state index in [0.717, 1.165) is 29.9 Å². The van der Waals surface area contributed by atoms with Gasteiger partial charge in [0.25, 0.3) is 5.91 Å². The van der Waals surface area contributed by atoms with Crippen LogP contribution in [0.2, 0.25) is 0 Å². The van der Waals surface area contributed by atoms with Crippen LogP contribution in [0.1, 0.15) is 5.56 Å². The Morgan fingerprint density at radius 2 is 2.38 bits per heavy atom. The summed E-state index contributed by atoms with van der Waals surface area (Å²) in [6.45, 7) is 1.01. The van der Waals surface area contributed by atoms with Crippen molar-refractivity contribution in [2.24, 2.45) is 0 Å². The van der Waals surface area contributed by atoms with Crippen LogP contribution in [0.15, 0.2) is 18.2 Å². The molecule has 1 aliphatic heterocycles. The van der Waals surface area contributed by atoms with E-state index in [-0.39, 0.29) is 12.5 Å². The van der Waals surface area contributed by atoms with Crippen molar-refractivity contribution in [3.63, 3.8) is 0 Å². The summed E-state index contributed by atoms with van der Waals surface area (Å²) in [7, 11) is 0. The molecule has 0 aliphatic carbocycles. The number of hydrogen-bond acceptors (Lipinski definition) is 3. The second kappa shape index (κ2) is 5.32. The number of anilines is 1. The number of fused-ring (bicyclic) bond motifs is 1. The van der Waals surface area contributed by atoms with Gasteiger partial charge in [0.05, 0.1) is 11.1 Å². The van der Waals surface area contributed by atoms with E-state index in [1.807, 2.05) is 18.2 Å². The molecule has 5 heteroatoms. The van der Waals surface area contributed by atoms with Crippen molar-refractivity contribution in [1.29, 1.82) is 0 Å². The fourth-order valence-corrected chi connectivity index (χ4v) is 1.87. The van der Waals surface area contributed by atoms with E-state index in [1.165, 1.54) is 5.56 Å². The zero-order chi connectivity index (χ0) is 11.4. The van der Waals surface area contributed by atoms with Crippen LogP contribution in [0.25, 0.3) is 0 Å². The third kappa shape index (κ3) is 2.74. The second-order valence-electron chi connectivity index (χ2n) is 3.55. The first-order valence-corrected chi connectivity index (χ1v) is 6.24. The maximum atomic E-state index is 11.1. The molecule has 0 radical (unpaired) electrons. The Morgan fingerprint density at radius 1 is 1.50 bits per heavy atom. The molecule has 1 aliphatic rings. The molecule has 2 rings (SSSR count). The molecule has 0 saturated heterocycles. The SMILES string of the molecule is O=C1COc2ccc(CCNCBr)cc2N1. The summed E-state index contributed by atoms with van der Waals surface area (Å²) in [5, 5.41) is 5.98. The number of hydrogen-bond donors (Lipinski definition) is 2. The van der Waals surface area contributed by atoms with Crippen molar-refractivity contribution >= 4 is 27.5 Å². The van der Waals surface area contributed by atoms with Crippen LogP contribution in [0.5, 0.6) is 5.75 Å². The molecular formula is C11H13BrN2O2. The molecule has 4 nitrogen and oxygen atoms in total. The maximum absolute atomic E-state index is 11.1. The largest absolute Gasteiger partial charge is 0.482 e. The summed E-state index contributed by atoms with van der Waals surface area (Å²) in [5.74, 6) is 0.653. The van der Waals surface area contributed by atoms with Gasteiger partial charge >= 0.3 is 0 Å². The summed E-state index contributed by atoms with van der Waals surface area (Å²) in [6, 6.07) is 5.88. The van der Waals surface area contributed by atoms with Gasteiger partial charge in [-0.3, -0.25) is 4.79 Å². The van der Waals surface area contributed by atoms with E-state index in [1.54, 1.807) is 0 Å². The number of nitrogens with one attached hydrogen (secondary N) is 2. The van der Waals surface area contributed by atoms with Crippen molar-refractivity contribution in [3.05, 3.63) is 23.8 Å². The fraction of sp³-hybridized carbons (Fsp3) is 0.364. The lowest BCUT2D eigenvalue weighted by Gasteiger charge is -2.18. The van der Waals surface area contributed by atoms with Gasteiger partial charge in [0.1, 0.15) is 5.75 Å². The van der Waals surface area contributed by atoms with Crippen LogP contribution in [0.4, 0.5) is 5.69 Å². The topological polar surface area (TPSA) is 50.4 Å². The summed E-state index contributed by atoms with van der Waals surface area (Å²) in [6.07, 6.45) is 0.925. The Hall–Kier alpha value is -1.07. The Bertz CT molecular complexity index is 396. The van der Waals surface area contributed by atoms with E-state index in [0.29, 0.717) is 0 Å². The minimum atomic E-state index is -0.0942. The van der Waals surface area contributed by atoms with E-state index < -0.39 is 0 Å². The first-order chi connectivity index (χ1) is 7.79. The lowest BCUT2D eigenvalue weighted by Crippen LogP contribution is -2.25. The van der Waals surface area contributed by atoms with E-state index in [9.17, 15) is 4.79 Å². The van der Waals surface area contributed by atoms with Crippen LogP contribution in [-0.2, 0) is 11.2 Å². The van der Waals surface area contributed by atoms with Gasteiger partial charge in [-0.15, -0.1) is 0 Å². The van der Waals surface area contributed by atoms with Crippen molar-refractivity contribution in [2.45, 2.75) is 6.42 Å². The monoisotopic (exact) mass is 284 g/mol. The van der Waals surface area contributed by atoms with Gasteiger partial charge < -0.3 is 15.4 Å². The van der Waals surface area contributed by atoms with Gasteiger partial charge in [-0.2, -0.15) is 0 Å². The highest BCUT2D eigenvalue weighted by Gasteiger charge is 2.15. The molecule has 0 saturated carbocycles. The smallest absolute Gasteiger partial charge is 0.262 e. The highest BCUT2D eigenvalue weighted by molar-refractivity contribution is 9.09. The predicted molar refractivity (Wildman–Crippen MR) is 66.1 cm³/mol. The minimum Gasteiger partial charge on any atom is -0.482 e. The van der Waals surface area contributed by atoms with E-state index in [2.05, 4.69) is 26.6 Å². The highest BCUT2D eigenvalue weighted by atomic mass is 79.9. The average molecular weight is 285 g/mol. The summed E-state index contributed by atoms with van der Waals surface area (Å²) >= 11 is 3.30.